The standard InChI is InChI=1S/C8H10Si.Ce/c1-2-9-8-6-4-3-5-7-8;/h2-7H,1,9H2;. The quantitative estimate of drug-likeness (QED) is 0.694. The van der Waals surface area contributed by atoms with Gasteiger partial charge in [0.1, 0.15) is 0 Å². The molecule has 1 rings (SSSR count). The van der Waals surface area contributed by atoms with Crippen molar-refractivity contribution in [2.75, 3.05) is 0 Å². The van der Waals surface area contributed by atoms with Gasteiger partial charge in [0.05, 0.1) is 9.52 Å². The number of rotatable bonds is 2. The van der Waals surface area contributed by atoms with Crippen LogP contribution in [0.15, 0.2) is 42.6 Å². The summed E-state index contributed by atoms with van der Waals surface area (Å²) >= 11 is 0. The molecule has 0 nitrogen and oxygen atoms in total. The smallest absolute Gasteiger partial charge is 0.0775 e. The van der Waals surface area contributed by atoms with Gasteiger partial charge in [0.25, 0.3) is 0 Å². The zero-order valence-electron chi connectivity index (χ0n) is 5.88. The van der Waals surface area contributed by atoms with Gasteiger partial charge in [0.15, 0.2) is 0 Å². The second kappa shape index (κ2) is 6.28. The van der Waals surface area contributed by atoms with E-state index in [0.29, 0.717) is 0 Å². The normalized spacial score (nSPS) is 9.20. The van der Waals surface area contributed by atoms with Gasteiger partial charge in [-0.2, -0.15) is 0 Å². The summed E-state index contributed by atoms with van der Waals surface area (Å²) in [6.07, 6.45) is 0. The molecule has 1 aromatic rings. The van der Waals surface area contributed by atoms with Crippen molar-refractivity contribution in [1.29, 1.82) is 0 Å². The molecule has 10 heavy (non-hydrogen) atoms. The molecule has 0 bridgehead atoms. The molecule has 0 heterocycles. The minimum absolute atomic E-state index is 0. The third-order valence-electron chi connectivity index (χ3n) is 1.22. The molecule has 50 valence electrons. The van der Waals surface area contributed by atoms with Crippen LogP contribution in [0.5, 0.6) is 0 Å². The van der Waals surface area contributed by atoms with Crippen molar-refractivity contribution in [2.24, 2.45) is 0 Å². The van der Waals surface area contributed by atoms with E-state index in [-0.39, 0.29) is 51.3 Å². The first-order valence-corrected chi connectivity index (χ1v) is 4.60. The summed E-state index contributed by atoms with van der Waals surface area (Å²) in [6.45, 7) is 3.72. The molecular formula is C8H10CeSi. The van der Waals surface area contributed by atoms with Crippen LogP contribution in [0.25, 0.3) is 0 Å². The van der Waals surface area contributed by atoms with Gasteiger partial charge in [-0.25, -0.2) is 0 Å². The fourth-order valence-corrected chi connectivity index (χ4v) is 1.66. The van der Waals surface area contributed by atoms with E-state index in [4.69, 9.17) is 0 Å². The molecule has 0 saturated heterocycles. The summed E-state index contributed by atoms with van der Waals surface area (Å²) in [5.74, 6) is 0. The van der Waals surface area contributed by atoms with Crippen molar-refractivity contribution in [3.8, 4) is 0 Å². The predicted molar refractivity (Wildman–Crippen MR) is 44.8 cm³/mol. The minimum Gasteiger partial charge on any atom is -0.107 e. The molecule has 1 aromatic carbocycles. The van der Waals surface area contributed by atoms with Gasteiger partial charge < -0.3 is 0 Å². The van der Waals surface area contributed by atoms with Crippen LogP contribution in [-0.2, 0) is 0 Å². The predicted octanol–water partition coefficient (Wildman–Crippen LogP) is 0.624. The van der Waals surface area contributed by atoms with Gasteiger partial charge in [-0.1, -0.05) is 35.5 Å². The minimum atomic E-state index is -0.137. The Balaban J connectivity index is 0.000000810. The maximum absolute atomic E-state index is 3.72. The van der Waals surface area contributed by atoms with Crippen molar-refractivity contribution in [2.45, 2.75) is 0 Å². The third-order valence-corrected chi connectivity index (χ3v) is 2.45. The third kappa shape index (κ3) is 3.66. The Morgan fingerprint density at radius 3 is 2.30 bits per heavy atom. The monoisotopic (exact) mass is 274 g/mol. The number of hydrogen-bond donors (Lipinski definition) is 0. The molecule has 0 aromatic heterocycles. The van der Waals surface area contributed by atoms with E-state index >= 15 is 0 Å². The SMILES string of the molecule is C=C[SiH2]c1ccccc1.[Ce]. The summed E-state index contributed by atoms with van der Waals surface area (Å²) in [6, 6.07) is 10.5. The summed E-state index contributed by atoms with van der Waals surface area (Å²) in [5.41, 5.74) is 2.05. The zero-order valence-corrected chi connectivity index (χ0v) is 10.4. The second-order valence-corrected chi connectivity index (χ2v) is 3.78. The van der Waals surface area contributed by atoms with E-state index in [1.807, 2.05) is 6.07 Å². The molecule has 0 spiro atoms. The van der Waals surface area contributed by atoms with Crippen LogP contribution in [0.1, 0.15) is 0 Å². The van der Waals surface area contributed by atoms with Crippen molar-refractivity contribution < 1.29 is 41.7 Å². The molecule has 0 aliphatic carbocycles. The molecule has 0 unspecified atom stereocenters. The molecule has 0 amide bonds. The topological polar surface area (TPSA) is 0 Å². The average molecular weight is 274 g/mol. The van der Waals surface area contributed by atoms with Crippen LogP contribution in [0.4, 0.5) is 0 Å². The molecule has 0 atom stereocenters. The molecule has 2 heteroatoms. The molecule has 0 fully saturated rings. The first-order valence-electron chi connectivity index (χ1n) is 3.08. The molecule has 0 saturated carbocycles. The van der Waals surface area contributed by atoms with Crippen molar-refractivity contribution >= 4 is 14.7 Å². The number of hydrogen-bond acceptors (Lipinski definition) is 0. The fourth-order valence-electron chi connectivity index (χ4n) is 0.781. The molecule has 0 N–H and O–H groups in total. The van der Waals surface area contributed by atoms with Crippen LogP contribution in [0.3, 0.4) is 0 Å². The van der Waals surface area contributed by atoms with Crippen molar-refractivity contribution in [3.05, 3.63) is 42.6 Å². The van der Waals surface area contributed by atoms with E-state index in [0.717, 1.165) is 0 Å². The molecule has 0 aliphatic rings. The van der Waals surface area contributed by atoms with Crippen molar-refractivity contribution in [3.63, 3.8) is 0 Å². The Kier molecular flexibility index (Phi) is 6.62. The Morgan fingerprint density at radius 1 is 1.20 bits per heavy atom. The van der Waals surface area contributed by atoms with Crippen LogP contribution in [0, 0.1) is 41.7 Å². The van der Waals surface area contributed by atoms with Crippen LogP contribution in [0.2, 0.25) is 0 Å². The van der Waals surface area contributed by atoms with Crippen LogP contribution >= 0.6 is 0 Å². The van der Waals surface area contributed by atoms with Crippen LogP contribution < -0.4 is 5.19 Å². The molecule has 0 radical (unpaired) electrons. The zero-order chi connectivity index (χ0) is 6.53. The molecular weight excluding hydrogens is 264 g/mol. The van der Waals surface area contributed by atoms with E-state index in [1.54, 1.807) is 0 Å². The maximum Gasteiger partial charge on any atom is 0.0775 e. The van der Waals surface area contributed by atoms with Gasteiger partial charge in [-0.05, 0) is 0 Å². The number of benzene rings is 1. The first kappa shape index (κ1) is 10.6. The van der Waals surface area contributed by atoms with Crippen molar-refractivity contribution in [1.82, 2.24) is 0 Å². The largest absolute Gasteiger partial charge is 0.107 e. The summed E-state index contributed by atoms with van der Waals surface area (Å²) in [4.78, 5) is 0. The maximum atomic E-state index is 3.72. The van der Waals surface area contributed by atoms with E-state index < -0.39 is 0 Å². The first-order chi connectivity index (χ1) is 4.43. The van der Waals surface area contributed by atoms with Gasteiger partial charge in [-0.15, -0.1) is 12.3 Å². The Hall–Kier alpha value is 0.554. The van der Waals surface area contributed by atoms with Gasteiger partial charge in [0.2, 0.25) is 0 Å². The second-order valence-electron chi connectivity index (χ2n) is 1.98. The van der Waals surface area contributed by atoms with E-state index in [9.17, 15) is 0 Å². The Labute approximate surface area is 97.9 Å². The van der Waals surface area contributed by atoms with Crippen LogP contribution in [-0.4, -0.2) is 9.52 Å². The Bertz CT molecular complexity index is 184. The molecule has 0 aliphatic heterocycles. The summed E-state index contributed by atoms with van der Waals surface area (Å²) < 4.78 is 0. The summed E-state index contributed by atoms with van der Waals surface area (Å²) in [5, 5.41) is 1.47. The van der Waals surface area contributed by atoms with E-state index in [2.05, 4.69) is 36.5 Å². The summed E-state index contributed by atoms with van der Waals surface area (Å²) in [7, 11) is -0.137. The van der Waals surface area contributed by atoms with Gasteiger partial charge in [-0.3, -0.25) is 0 Å². The Morgan fingerprint density at radius 2 is 1.80 bits per heavy atom. The fraction of sp³-hybridized carbons (Fsp3) is 0. The van der Waals surface area contributed by atoms with Gasteiger partial charge >= 0.3 is 0 Å². The average Bonchev–Trinajstić information content (AvgIpc) is 1.91. The van der Waals surface area contributed by atoms with E-state index in [1.165, 1.54) is 5.19 Å². The van der Waals surface area contributed by atoms with Gasteiger partial charge in [0, 0.05) is 41.7 Å².